The molecule has 0 unspecified atom stereocenters. The van der Waals surface area contributed by atoms with Gasteiger partial charge in [-0.05, 0) is 0 Å². The Bertz CT molecular complexity index is 336. The molecule has 0 heterocycles. The van der Waals surface area contributed by atoms with E-state index in [-0.39, 0.29) is 13.2 Å². The van der Waals surface area contributed by atoms with Crippen molar-refractivity contribution in [2.24, 2.45) is 5.41 Å². The lowest BCUT2D eigenvalue weighted by atomic mass is 9.87. The molecule has 0 rings (SSSR count). The van der Waals surface area contributed by atoms with Crippen molar-refractivity contribution in [3.05, 3.63) is 0 Å². The Hall–Kier alpha value is -0.700. The second kappa shape index (κ2) is 5.58. The first-order valence-electron chi connectivity index (χ1n) is 4.62. The summed E-state index contributed by atoms with van der Waals surface area (Å²) in [5.74, 6) is -1.41. The first kappa shape index (κ1) is 15.3. The molecule has 4 N–H and O–H groups in total. The van der Waals surface area contributed by atoms with Crippen molar-refractivity contribution in [3.8, 4) is 0 Å². The molecule has 0 aliphatic carbocycles. The topological polar surface area (TPSA) is 124 Å². The summed E-state index contributed by atoms with van der Waals surface area (Å²) in [5.41, 5.74) is -1.01. The van der Waals surface area contributed by atoms with Gasteiger partial charge < -0.3 is 15.5 Å². The molecule has 0 saturated carbocycles. The van der Waals surface area contributed by atoms with Crippen LogP contribution in [0, 0.1) is 5.41 Å². The van der Waals surface area contributed by atoms with Crippen LogP contribution in [0.3, 0.4) is 0 Å². The maximum absolute atomic E-state index is 11.3. The molecule has 96 valence electrons. The number of aliphatic hydroxyl groups excluding tert-OH is 2. The van der Waals surface area contributed by atoms with E-state index in [2.05, 4.69) is 5.32 Å². The molecule has 0 radical (unpaired) electrons. The van der Waals surface area contributed by atoms with Gasteiger partial charge in [-0.15, -0.1) is 0 Å². The quantitative estimate of drug-likeness (QED) is 0.422. The number of hydrogen-bond acceptors (Lipinski definition) is 5. The Morgan fingerprint density at radius 1 is 1.44 bits per heavy atom. The molecule has 0 aromatic carbocycles. The first-order chi connectivity index (χ1) is 7.10. The van der Waals surface area contributed by atoms with Gasteiger partial charge in [-0.3, -0.25) is 9.35 Å². The Labute approximate surface area is 94.2 Å². The van der Waals surface area contributed by atoms with Crippen LogP contribution in [0.2, 0.25) is 0 Å². The Morgan fingerprint density at radius 2 is 1.94 bits per heavy atom. The molecule has 1 atom stereocenters. The first-order valence-corrected chi connectivity index (χ1v) is 6.23. The molecule has 1 amide bonds. The third-order valence-corrected chi connectivity index (χ3v) is 2.78. The van der Waals surface area contributed by atoms with Crippen molar-refractivity contribution in [3.63, 3.8) is 0 Å². The zero-order chi connectivity index (χ0) is 13.0. The maximum Gasteiger partial charge on any atom is 0.266 e. The van der Waals surface area contributed by atoms with E-state index in [1.807, 2.05) is 0 Å². The van der Waals surface area contributed by atoms with Crippen LogP contribution < -0.4 is 5.32 Å². The maximum atomic E-state index is 11.3. The van der Waals surface area contributed by atoms with Gasteiger partial charge in [0.2, 0.25) is 5.91 Å². The van der Waals surface area contributed by atoms with E-state index in [0.717, 1.165) is 0 Å². The summed E-state index contributed by atoms with van der Waals surface area (Å²) in [6, 6.07) is 0. The smallest absolute Gasteiger partial charge is 0.266 e. The molecular formula is C8H17NO6S. The summed E-state index contributed by atoms with van der Waals surface area (Å²) >= 11 is 0. The van der Waals surface area contributed by atoms with Gasteiger partial charge in [-0.1, -0.05) is 13.8 Å². The van der Waals surface area contributed by atoms with Crippen LogP contribution in [-0.4, -0.2) is 54.1 Å². The molecule has 0 aliphatic rings. The molecule has 16 heavy (non-hydrogen) atoms. The number of aliphatic hydroxyl groups is 2. The van der Waals surface area contributed by atoms with Gasteiger partial charge in [0.05, 0.1) is 12.4 Å². The SMILES string of the molecule is CC(C)(CO)[C@@H](O)C(=O)NCCS(=O)(=O)O. The largest absolute Gasteiger partial charge is 0.396 e. The van der Waals surface area contributed by atoms with E-state index in [9.17, 15) is 18.3 Å². The van der Waals surface area contributed by atoms with Gasteiger partial charge in [0.25, 0.3) is 10.1 Å². The van der Waals surface area contributed by atoms with E-state index in [4.69, 9.17) is 9.66 Å². The lowest BCUT2D eigenvalue weighted by Gasteiger charge is -2.26. The van der Waals surface area contributed by atoms with E-state index in [1.165, 1.54) is 13.8 Å². The van der Waals surface area contributed by atoms with Crippen molar-refractivity contribution in [2.75, 3.05) is 18.9 Å². The van der Waals surface area contributed by atoms with Crippen LogP contribution in [0.4, 0.5) is 0 Å². The second-order valence-electron chi connectivity index (χ2n) is 4.13. The van der Waals surface area contributed by atoms with Gasteiger partial charge >= 0.3 is 0 Å². The van der Waals surface area contributed by atoms with Crippen molar-refractivity contribution in [1.29, 1.82) is 0 Å². The normalized spacial score (nSPS) is 14.6. The Kier molecular flexibility index (Phi) is 5.33. The van der Waals surface area contributed by atoms with Gasteiger partial charge in [0, 0.05) is 12.0 Å². The van der Waals surface area contributed by atoms with Crippen molar-refractivity contribution in [2.45, 2.75) is 20.0 Å². The van der Waals surface area contributed by atoms with Crippen LogP contribution in [0.1, 0.15) is 13.8 Å². The van der Waals surface area contributed by atoms with Gasteiger partial charge in [0.1, 0.15) is 6.10 Å². The molecule has 0 aromatic heterocycles. The van der Waals surface area contributed by atoms with Crippen molar-refractivity contribution >= 4 is 16.0 Å². The van der Waals surface area contributed by atoms with Crippen LogP contribution >= 0.6 is 0 Å². The van der Waals surface area contributed by atoms with E-state index in [1.54, 1.807) is 0 Å². The highest BCUT2D eigenvalue weighted by atomic mass is 32.2. The Morgan fingerprint density at radius 3 is 2.31 bits per heavy atom. The van der Waals surface area contributed by atoms with Crippen molar-refractivity contribution < 1.29 is 28.0 Å². The molecular weight excluding hydrogens is 238 g/mol. The second-order valence-corrected chi connectivity index (χ2v) is 5.70. The molecule has 7 nitrogen and oxygen atoms in total. The average Bonchev–Trinajstić information content (AvgIpc) is 2.14. The fourth-order valence-corrected chi connectivity index (χ4v) is 1.20. The summed E-state index contributed by atoms with van der Waals surface area (Å²) in [5, 5.41) is 20.5. The summed E-state index contributed by atoms with van der Waals surface area (Å²) in [4.78, 5) is 11.3. The van der Waals surface area contributed by atoms with Gasteiger partial charge in [0.15, 0.2) is 0 Å². The third kappa shape index (κ3) is 5.40. The summed E-state index contributed by atoms with van der Waals surface area (Å²) in [7, 11) is -4.13. The van der Waals surface area contributed by atoms with E-state index >= 15 is 0 Å². The van der Waals surface area contributed by atoms with E-state index in [0.29, 0.717) is 0 Å². The monoisotopic (exact) mass is 255 g/mol. The average molecular weight is 255 g/mol. The Balaban J connectivity index is 4.18. The van der Waals surface area contributed by atoms with Crippen LogP contribution in [0.5, 0.6) is 0 Å². The third-order valence-electron chi connectivity index (χ3n) is 2.06. The summed E-state index contributed by atoms with van der Waals surface area (Å²) < 4.78 is 29.1. The fourth-order valence-electron chi connectivity index (χ4n) is 0.841. The lowest BCUT2D eigenvalue weighted by Crippen LogP contribution is -2.46. The minimum Gasteiger partial charge on any atom is -0.396 e. The highest BCUT2D eigenvalue weighted by Crippen LogP contribution is 2.19. The highest BCUT2D eigenvalue weighted by molar-refractivity contribution is 7.85. The highest BCUT2D eigenvalue weighted by Gasteiger charge is 2.32. The predicted octanol–water partition coefficient (Wildman–Crippen LogP) is -1.63. The molecule has 0 aliphatic heterocycles. The van der Waals surface area contributed by atoms with Crippen LogP contribution in [0.15, 0.2) is 0 Å². The summed E-state index contributed by atoms with van der Waals surface area (Å²) in [6.07, 6.45) is -1.45. The minimum absolute atomic E-state index is 0.295. The standard InChI is InChI=1S/C8H17NO6S/c1-8(2,5-10)6(11)7(12)9-3-4-16(13,14)15/h6,10-11H,3-5H2,1-2H3,(H,9,12)(H,13,14,15)/t6-/m0/s1. The van der Waals surface area contributed by atoms with Gasteiger partial charge in [-0.2, -0.15) is 8.42 Å². The number of rotatable bonds is 6. The minimum atomic E-state index is -4.13. The molecule has 0 spiro atoms. The zero-order valence-electron chi connectivity index (χ0n) is 9.17. The van der Waals surface area contributed by atoms with Crippen LogP contribution in [-0.2, 0) is 14.9 Å². The van der Waals surface area contributed by atoms with Gasteiger partial charge in [-0.25, -0.2) is 0 Å². The van der Waals surface area contributed by atoms with Crippen LogP contribution in [0.25, 0.3) is 0 Å². The van der Waals surface area contributed by atoms with E-state index < -0.39 is 33.3 Å². The molecule has 0 aromatic rings. The number of amides is 1. The number of hydrogen-bond donors (Lipinski definition) is 4. The number of carbonyl (C=O) groups excluding carboxylic acids is 1. The number of carbonyl (C=O) groups is 1. The molecule has 0 bridgehead atoms. The number of nitrogens with one attached hydrogen (secondary N) is 1. The molecule has 8 heteroatoms. The fraction of sp³-hybridized carbons (Fsp3) is 0.875. The summed E-state index contributed by atoms with van der Waals surface area (Å²) in [6.45, 7) is 2.29. The molecule has 0 fully saturated rings. The lowest BCUT2D eigenvalue weighted by molar-refractivity contribution is -0.136. The van der Waals surface area contributed by atoms with Crippen molar-refractivity contribution in [1.82, 2.24) is 5.32 Å². The predicted molar refractivity (Wildman–Crippen MR) is 56.3 cm³/mol. The molecule has 0 saturated heterocycles. The zero-order valence-corrected chi connectivity index (χ0v) is 9.99.